The Kier molecular flexibility index (Phi) is 9.85. The van der Waals surface area contributed by atoms with Crippen LogP contribution in [0.25, 0.3) is 6.08 Å². The lowest BCUT2D eigenvalue weighted by Crippen LogP contribution is -2.44. The lowest BCUT2D eigenvalue weighted by atomic mass is 10.1. The molecule has 0 saturated carbocycles. The molecule has 1 heterocycles. The Morgan fingerprint density at radius 2 is 1.85 bits per heavy atom. The number of thioether (sulfide) groups is 1. The average Bonchev–Trinajstić information content (AvgIpc) is 3.13. The summed E-state index contributed by atoms with van der Waals surface area (Å²) in [7, 11) is 0. The molecule has 1 aliphatic rings. The van der Waals surface area contributed by atoms with Gasteiger partial charge in [-0.2, -0.15) is 5.01 Å². The molecule has 202 valence electrons. The third-order valence-corrected chi connectivity index (χ3v) is 8.32. The van der Waals surface area contributed by atoms with E-state index in [1.54, 1.807) is 48.5 Å². The first-order chi connectivity index (χ1) is 18.6. The summed E-state index contributed by atoms with van der Waals surface area (Å²) in [6.45, 7) is 4.36. The highest BCUT2D eigenvalue weighted by molar-refractivity contribution is 9.10. The number of thiocarbonyl (C=S) groups is 1. The second-order valence-corrected chi connectivity index (χ2v) is 12.0. The number of amides is 2. The summed E-state index contributed by atoms with van der Waals surface area (Å²) in [5, 5.41) is 2.22. The van der Waals surface area contributed by atoms with Crippen molar-refractivity contribution in [2.75, 3.05) is 6.61 Å². The van der Waals surface area contributed by atoms with Gasteiger partial charge in [-0.15, -0.1) is 0 Å². The minimum absolute atomic E-state index is 0.188. The quantitative estimate of drug-likeness (QED) is 0.190. The predicted molar refractivity (Wildman–Crippen MR) is 165 cm³/mol. The van der Waals surface area contributed by atoms with Crippen molar-refractivity contribution >= 4 is 96.9 Å². The van der Waals surface area contributed by atoms with Crippen LogP contribution in [-0.2, 0) is 11.4 Å². The molecule has 0 bridgehead atoms. The molecule has 0 aromatic heterocycles. The van der Waals surface area contributed by atoms with Crippen molar-refractivity contribution in [2.24, 2.45) is 0 Å². The number of ether oxygens (including phenoxy) is 2. The van der Waals surface area contributed by atoms with E-state index in [0.717, 1.165) is 27.9 Å². The molecule has 1 saturated heterocycles. The van der Waals surface area contributed by atoms with Crippen molar-refractivity contribution in [3.8, 4) is 11.5 Å². The number of nitrogens with zero attached hydrogens (tertiary/aromatic N) is 1. The van der Waals surface area contributed by atoms with Gasteiger partial charge in [0.2, 0.25) is 0 Å². The van der Waals surface area contributed by atoms with Crippen LogP contribution in [0.2, 0.25) is 15.1 Å². The molecule has 1 N–H and O–H groups in total. The van der Waals surface area contributed by atoms with Crippen molar-refractivity contribution in [3.63, 3.8) is 0 Å². The van der Waals surface area contributed by atoms with Crippen molar-refractivity contribution in [2.45, 2.75) is 20.5 Å². The van der Waals surface area contributed by atoms with Gasteiger partial charge in [0.05, 0.1) is 36.6 Å². The second kappa shape index (κ2) is 12.9. The number of nitrogens with one attached hydrogen (secondary N) is 1. The van der Waals surface area contributed by atoms with E-state index < -0.39 is 11.8 Å². The highest BCUT2D eigenvalue weighted by atomic mass is 79.9. The lowest BCUT2D eigenvalue weighted by Gasteiger charge is -2.16. The Morgan fingerprint density at radius 1 is 1.08 bits per heavy atom. The van der Waals surface area contributed by atoms with Gasteiger partial charge >= 0.3 is 0 Å². The molecule has 1 aliphatic heterocycles. The highest BCUT2D eigenvalue weighted by Gasteiger charge is 2.34. The number of halogens is 4. The van der Waals surface area contributed by atoms with E-state index in [0.29, 0.717) is 43.1 Å². The molecule has 39 heavy (non-hydrogen) atoms. The summed E-state index contributed by atoms with van der Waals surface area (Å²) in [6.07, 6.45) is 1.67. The number of benzene rings is 3. The molecular formula is C27H20BrCl3N2O4S2. The summed E-state index contributed by atoms with van der Waals surface area (Å²) in [5.74, 6) is -0.0242. The van der Waals surface area contributed by atoms with Crippen LogP contribution in [0.3, 0.4) is 0 Å². The molecule has 0 unspecified atom stereocenters. The first kappa shape index (κ1) is 29.7. The summed E-state index contributed by atoms with van der Waals surface area (Å²) in [5.41, 5.74) is 5.20. The zero-order valence-electron chi connectivity index (χ0n) is 20.5. The molecule has 6 nitrogen and oxygen atoms in total. The van der Waals surface area contributed by atoms with E-state index in [9.17, 15) is 9.59 Å². The number of hydrazine groups is 1. The Labute approximate surface area is 258 Å². The molecule has 0 aliphatic carbocycles. The summed E-state index contributed by atoms with van der Waals surface area (Å²) in [6, 6.07) is 13.9. The topological polar surface area (TPSA) is 67.9 Å². The third-order valence-electron chi connectivity index (χ3n) is 5.37. The monoisotopic (exact) mass is 684 g/mol. The number of hydrogen-bond donors (Lipinski definition) is 1. The Hall–Kier alpha value is -2.27. The summed E-state index contributed by atoms with van der Waals surface area (Å²) >= 11 is 28.3. The van der Waals surface area contributed by atoms with Crippen LogP contribution in [0.1, 0.15) is 34.0 Å². The average molecular weight is 687 g/mol. The van der Waals surface area contributed by atoms with Crippen LogP contribution in [0.15, 0.2) is 57.9 Å². The largest absolute Gasteiger partial charge is 0.490 e. The predicted octanol–water partition coefficient (Wildman–Crippen LogP) is 8.24. The fourth-order valence-electron chi connectivity index (χ4n) is 3.54. The molecular weight excluding hydrogens is 667 g/mol. The first-order valence-corrected chi connectivity index (χ1v) is 14.6. The number of rotatable bonds is 8. The van der Waals surface area contributed by atoms with Crippen LogP contribution < -0.4 is 14.9 Å². The maximum absolute atomic E-state index is 13.1. The van der Waals surface area contributed by atoms with Gasteiger partial charge in [0.25, 0.3) is 11.8 Å². The molecule has 0 radical (unpaired) electrons. The standard InChI is InChI=1S/C27H20BrCl3N2O4S2/c1-3-36-22-11-16(9-18(28)24(22)37-13-15-5-7-19(29)21(31)10-15)12-23-26(35)33(27(38)39-23)32-25(34)17-6-4-14(2)8-20(17)30/h4-12H,3,13H2,1-2H3,(H,32,34)/b23-12+. The van der Waals surface area contributed by atoms with Crippen LogP contribution in [-0.4, -0.2) is 27.8 Å². The summed E-state index contributed by atoms with van der Waals surface area (Å²) in [4.78, 5) is 26.2. The maximum Gasteiger partial charge on any atom is 0.285 e. The van der Waals surface area contributed by atoms with Gasteiger partial charge in [0.15, 0.2) is 15.8 Å². The molecule has 3 aromatic rings. The van der Waals surface area contributed by atoms with E-state index >= 15 is 0 Å². The molecule has 2 amide bonds. The number of carbonyl (C=O) groups is 2. The number of carbonyl (C=O) groups excluding carboxylic acids is 2. The van der Waals surface area contributed by atoms with E-state index in [1.807, 2.05) is 19.9 Å². The van der Waals surface area contributed by atoms with E-state index in [2.05, 4.69) is 21.4 Å². The first-order valence-electron chi connectivity index (χ1n) is 11.5. The number of aryl methyl sites for hydroxylation is 1. The molecule has 12 heteroatoms. The van der Waals surface area contributed by atoms with Gasteiger partial charge in [-0.1, -0.05) is 58.7 Å². The van der Waals surface area contributed by atoms with E-state index in [-0.39, 0.29) is 21.5 Å². The van der Waals surface area contributed by atoms with Crippen molar-refractivity contribution in [1.29, 1.82) is 0 Å². The fourth-order valence-corrected chi connectivity index (χ4v) is 5.94. The van der Waals surface area contributed by atoms with Gasteiger partial charge in [0.1, 0.15) is 6.61 Å². The van der Waals surface area contributed by atoms with Gasteiger partial charge in [-0.05, 0) is 101 Å². The molecule has 4 rings (SSSR count). The molecule has 1 fully saturated rings. The van der Waals surface area contributed by atoms with Gasteiger partial charge in [0, 0.05) is 0 Å². The van der Waals surface area contributed by atoms with Crippen LogP contribution in [0, 0.1) is 6.92 Å². The lowest BCUT2D eigenvalue weighted by molar-refractivity contribution is -0.123. The van der Waals surface area contributed by atoms with Crippen LogP contribution in [0.5, 0.6) is 11.5 Å². The smallest absolute Gasteiger partial charge is 0.285 e. The Morgan fingerprint density at radius 3 is 2.54 bits per heavy atom. The third kappa shape index (κ3) is 7.09. The number of hydrogen-bond acceptors (Lipinski definition) is 6. The maximum atomic E-state index is 13.1. The summed E-state index contributed by atoms with van der Waals surface area (Å²) < 4.78 is 12.7. The van der Waals surface area contributed by atoms with Gasteiger partial charge in [-0.3, -0.25) is 15.0 Å². The Balaban J connectivity index is 1.53. The van der Waals surface area contributed by atoms with E-state index in [1.165, 1.54) is 0 Å². The van der Waals surface area contributed by atoms with Gasteiger partial charge in [-0.25, -0.2) is 0 Å². The van der Waals surface area contributed by atoms with Crippen LogP contribution in [0.4, 0.5) is 0 Å². The highest BCUT2D eigenvalue weighted by Crippen LogP contribution is 2.40. The minimum atomic E-state index is -0.539. The fraction of sp³-hybridized carbons (Fsp3) is 0.148. The van der Waals surface area contributed by atoms with Crippen molar-refractivity contribution < 1.29 is 19.1 Å². The van der Waals surface area contributed by atoms with Crippen molar-refractivity contribution in [3.05, 3.63) is 95.2 Å². The van der Waals surface area contributed by atoms with Crippen LogP contribution >= 0.6 is 74.7 Å². The van der Waals surface area contributed by atoms with Crippen molar-refractivity contribution in [1.82, 2.24) is 10.4 Å². The van der Waals surface area contributed by atoms with Gasteiger partial charge < -0.3 is 9.47 Å². The zero-order chi connectivity index (χ0) is 28.3. The molecule has 3 aromatic carbocycles. The molecule has 0 spiro atoms. The normalized spacial score (nSPS) is 14.2. The molecule has 0 atom stereocenters. The second-order valence-electron chi connectivity index (χ2n) is 8.24. The zero-order valence-corrected chi connectivity index (χ0v) is 26.0. The minimum Gasteiger partial charge on any atom is -0.490 e. The van der Waals surface area contributed by atoms with E-state index in [4.69, 9.17) is 56.5 Å². The SMILES string of the molecule is CCOc1cc(/C=C2/SC(=S)N(NC(=O)c3ccc(C)cc3Cl)C2=O)cc(Br)c1OCc1ccc(Cl)c(Cl)c1. The Bertz CT molecular complexity index is 1520.